The highest BCUT2D eigenvalue weighted by molar-refractivity contribution is 5.92. The third-order valence-corrected chi connectivity index (χ3v) is 3.66. The molecule has 1 aromatic carbocycles. The van der Waals surface area contributed by atoms with Crippen LogP contribution in [-0.4, -0.2) is 46.3 Å². The number of nitrogens with zero attached hydrogens (tertiary/aromatic N) is 3. The van der Waals surface area contributed by atoms with Gasteiger partial charge in [0, 0.05) is 31.9 Å². The summed E-state index contributed by atoms with van der Waals surface area (Å²) < 4.78 is 14.5. The lowest BCUT2D eigenvalue weighted by molar-refractivity contribution is 0.0649. The second kappa shape index (κ2) is 5.65. The molecule has 1 saturated heterocycles. The Morgan fingerprint density at radius 2 is 2.10 bits per heavy atom. The van der Waals surface area contributed by atoms with Gasteiger partial charge in [0.25, 0.3) is 5.91 Å². The number of benzene rings is 1. The average molecular weight is 288 g/mol. The lowest BCUT2D eigenvalue weighted by atomic mass is 10.2. The molecule has 2 aromatic rings. The first-order chi connectivity index (χ1) is 10.1. The molecule has 1 N–H and O–H groups in total. The van der Waals surface area contributed by atoms with Gasteiger partial charge in [-0.3, -0.25) is 4.79 Å². The van der Waals surface area contributed by atoms with Crippen LogP contribution in [0.15, 0.2) is 36.5 Å². The average Bonchev–Trinajstić information content (AvgIpc) is 2.98. The maximum atomic E-state index is 12.9. The summed E-state index contributed by atoms with van der Waals surface area (Å²) in [5.74, 6) is -0.360. The fourth-order valence-electron chi connectivity index (χ4n) is 2.47. The number of hydrogen-bond donors (Lipinski definition) is 1. The van der Waals surface area contributed by atoms with Gasteiger partial charge in [-0.1, -0.05) is 0 Å². The number of piperazine rings is 1. The molecule has 1 aliphatic rings. The minimum atomic E-state index is -0.295. The van der Waals surface area contributed by atoms with E-state index in [2.05, 4.69) is 10.4 Å². The van der Waals surface area contributed by atoms with Gasteiger partial charge in [-0.25, -0.2) is 9.07 Å². The predicted octanol–water partition coefficient (Wildman–Crippen LogP) is 1.45. The molecule has 3 rings (SSSR count). The summed E-state index contributed by atoms with van der Waals surface area (Å²) in [6.45, 7) is 4.30. The van der Waals surface area contributed by atoms with E-state index in [1.807, 2.05) is 11.8 Å². The van der Waals surface area contributed by atoms with E-state index in [1.54, 1.807) is 29.1 Å². The van der Waals surface area contributed by atoms with Gasteiger partial charge >= 0.3 is 0 Å². The highest BCUT2D eigenvalue weighted by atomic mass is 19.1. The summed E-state index contributed by atoms with van der Waals surface area (Å²) in [5.41, 5.74) is 1.14. The molecule has 0 bridgehead atoms. The van der Waals surface area contributed by atoms with Crippen molar-refractivity contribution < 1.29 is 9.18 Å². The smallest absolute Gasteiger partial charge is 0.274 e. The van der Waals surface area contributed by atoms with Gasteiger partial charge in [0.15, 0.2) is 5.69 Å². The first-order valence-corrected chi connectivity index (χ1v) is 6.98. The number of carbonyl (C=O) groups is 1. The summed E-state index contributed by atoms with van der Waals surface area (Å²) in [5, 5.41) is 7.55. The van der Waals surface area contributed by atoms with Crippen molar-refractivity contribution in [3.8, 4) is 5.69 Å². The van der Waals surface area contributed by atoms with Crippen molar-refractivity contribution in [3.63, 3.8) is 0 Å². The van der Waals surface area contributed by atoms with Crippen molar-refractivity contribution >= 4 is 5.91 Å². The summed E-state index contributed by atoms with van der Waals surface area (Å²) in [6.07, 6.45) is 1.72. The Labute approximate surface area is 122 Å². The van der Waals surface area contributed by atoms with E-state index in [4.69, 9.17) is 0 Å². The molecule has 1 aliphatic heterocycles. The lowest BCUT2D eigenvalue weighted by Gasteiger charge is -2.33. The molecule has 0 spiro atoms. The van der Waals surface area contributed by atoms with E-state index in [1.165, 1.54) is 12.1 Å². The molecule has 2 heterocycles. The van der Waals surface area contributed by atoms with Crippen LogP contribution in [0.25, 0.3) is 5.69 Å². The maximum absolute atomic E-state index is 12.9. The molecule has 1 atom stereocenters. The molecular weight excluding hydrogens is 271 g/mol. The molecule has 5 nitrogen and oxygen atoms in total. The number of hydrogen-bond acceptors (Lipinski definition) is 3. The molecule has 0 aliphatic carbocycles. The molecule has 1 aromatic heterocycles. The van der Waals surface area contributed by atoms with Crippen LogP contribution in [0.2, 0.25) is 0 Å². The van der Waals surface area contributed by atoms with Crippen LogP contribution in [0.4, 0.5) is 4.39 Å². The van der Waals surface area contributed by atoms with Gasteiger partial charge in [0.2, 0.25) is 0 Å². The second-order valence-corrected chi connectivity index (χ2v) is 5.17. The van der Waals surface area contributed by atoms with Crippen LogP contribution in [0.3, 0.4) is 0 Å². The van der Waals surface area contributed by atoms with Gasteiger partial charge in [-0.2, -0.15) is 5.10 Å². The van der Waals surface area contributed by atoms with Crippen molar-refractivity contribution in [2.45, 2.75) is 13.0 Å². The SMILES string of the molecule is C[C@@H]1CNCCN1C(=O)c1ccn(-c2ccc(F)cc2)n1. The number of carbonyl (C=O) groups excluding carboxylic acids is 1. The molecular formula is C15H17FN4O. The first-order valence-electron chi connectivity index (χ1n) is 6.98. The van der Waals surface area contributed by atoms with Crippen LogP contribution >= 0.6 is 0 Å². The fourth-order valence-corrected chi connectivity index (χ4v) is 2.47. The minimum absolute atomic E-state index is 0.0649. The van der Waals surface area contributed by atoms with E-state index in [0.717, 1.165) is 18.8 Å². The molecule has 1 fully saturated rings. The summed E-state index contributed by atoms with van der Waals surface area (Å²) >= 11 is 0. The standard InChI is InChI=1S/C15H17FN4O/c1-11-10-17-7-9-19(11)15(21)14-6-8-20(18-14)13-4-2-12(16)3-5-13/h2-6,8,11,17H,7,9-10H2,1H3/t11-/m1/s1. The molecule has 21 heavy (non-hydrogen) atoms. The third kappa shape index (κ3) is 2.80. The fraction of sp³-hybridized carbons (Fsp3) is 0.333. The Kier molecular flexibility index (Phi) is 3.70. The van der Waals surface area contributed by atoms with Crippen molar-refractivity contribution in [2.75, 3.05) is 19.6 Å². The second-order valence-electron chi connectivity index (χ2n) is 5.17. The summed E-state index contributed by atoms with van der Waals surface area (Å²) in [7, 11) is 0. The van der Waals surface area contributed by atoms with Crippen LogP contribution in [0.1, 0.15) is 17.4 Å². The normalized spacial score (nSPS) is 18.8. The quantitative estimate of drug-likeness (QED) is 0.910. The maximum Gasteiger partial charge on any atom is 0.274 e. The highest BCUT2D eigenvalue weighted by Gasteiger charge is 2.25. The van der Waals surface area contributed by atoms with Crippen LogP contribution < -0.4 is 5.32 Å². The zero-order valence-corrected chi connectivity index (χ0v) is 11.8. The predicted molar refractivity (Wildman–Crippen MR) is 76.9 cm³/mol. The van der Waals surface area contributed by atoms with Crippen molar-refractivity contribution in [1.82, 2.24) is 20.0 Å². The Morgan fingerprint density at radius 3 is 2.81 bits per heavy atom. The molecule has 6 heteroatoms. The molecule has 0 radical (unpaired) electrons. The molecule has 0 saturated carbocycles. The molecule has 110 valence electrons. The summed E-state index contributed by atoms with van der Waals surface area (Å²) in [4.78, 5) is 14.3. The Bertz CT molecular complexity index is 637. The van der Waals surface area contributed by atoms with Crippen molar-refractivity contribution in [2.24, 2.45) is 0 Å². The highest BCUT2D eigenvalue weighted by Crippen LogP contribution is 2.12. The largest absolute Gasteiger partial charge is 0.332 e. The number of rotatable bonds is 2. The van der Waals surface area contributed by atoms with Gasteiger partial charge in [0.1, 0.15) is 5.82 Å². The lowest BCUT2D eigenvalue weighted by Crippen LogP contribution is -2.52. The Morgan fingerprint density at radius 1 is 1.33 bits per heavy atom. The zero-order chi connectivity index (χ0) is 14.8. The van der Waals surface area contributed by atoms with E-state index >= 15 is 0 Å². The van der Waals surface area contributed by atoms with Crippen molar-refractivity contribution in [1.29, 1.82) is 0 Å². The number of aromatic nitrogens is 2. The summed E-state index contributed by atoms with van der Waals surface area (Å²) in [6, 6.07) is 7.85. The number of halogens is 1. The van der Waals surface area contributed by atoms with E-state index in [9.17, 15) is 9.18 Å². The third-order valence-electron chi connectivity index (χ3n) is 3.66. The monoisotopic (exact) mass is 288 g/mol. The van der Waals surface area contributed by atoms with E-state index in [-0.39, 0.29) is 17.8 Å². The van der Waals surface area contributed by atoms with Gasteiger partial charge in [0.05, 0.1) is 5.69 Å². The molecule has 1 amide bonds. The molecule has 0 unspecified atom stereocenters. The van der Waals surface area contributed by atoms with Crippen LogP contribution in [0.5, 0.6) is 0 Å². The van der Waals surface area contributed by atoms with E-state index < -0.39 is 0 Å². The number of amides is 1. The van der Waals surface area contributed by atoms with Gasteiger partial charge in [-0.15, -0.1) is 0 Å². The topological polar surface area (TPSA) is 50.2 Å². The van der Waals surface area contributed by atoms with Gasteiger partial charge in [-0.05, 0) is 37.3 Å². The zero-order valence-electron chi connectivity index (χ0n) is 11.8. The Hall–Kier alpha value is -2.21. The van der Waals surface area contributed by atoms with Crippen LogP contribution in [-0.2, 0) is 0 Å². The van der Waals surface area contributed by atoms with Crippen molar-refractivity contribution in [3.05, 3.63) is 48.0 Å². The van der Waals surface area contributed by atoms with Crippen LogP contribution in [0, 0.1) is 5.82 Å². The van der Waals surface area contributed by atoms with Gasteiger partial charge < -0.3 is 10.2 Å². The Balaban J connectivity index is 1.81. The number of nitrogens with one attached hydrogen (secondary N) is 1. The minimum Gasteiger partial charge on any atom is -0.332 e. The first kappa shape index (κ1) is 13.8. The van der Waals surface area contributed by atoms with E-state index in [0.29, 0.717) is 12.2 Å².